The van der Waals surface area contributed by atoms with Crippen LogP contribution in [0, 0.1) is 0 Å². The molecule has 1 saturated carbocycles. The quantitative estimate of drug-likeness (QED) is 0.690. The number of hydrogen-bond acceptors (Lipinski definition) is 3. The minimum absolute atomic E-state index is 0.240. The third kappa shape index (κ3) is 2.96. The summed E-state index contributed by atoms with van der Waals surface area (Å²) in [5, 5.41) is 0. The average molecular weight is 228 g/mol. The number of nitrogens with zero attached hydrogens (tertiary/aromatic N) is 1. The monoisotopic (exact) mass is 228 g/mol. The molecule has 0 aliphatic heterocycles. The number of rotatable bonds is 8. The van der Waals surface area contributed by atoms with Crippen molar-refractivity contribution in [2.75, 3.05) is 26.2 Å². The van der Waals surface area contributed by atoms with Crippen molar-refractivity contribution in [3.63, 3.8) is 0 Å². The fourth-order valence-electron chi connectivity index (χ4n) is 2.77. The maximum absolute atomic E-state index is 5.98. The fraction of sp³-hybridized carbons (Fsp3) is 1.00. The van der Waals surface area contributed by atoms with Crippen LogP contribution in [0.2, 0.25) is 0 Å². The lowest BCUT2D eigenvalue weighted by Crippen LogP contribution is -2.64. The zero-order valence-electron chi connectivity index (χ0n) is 11.2. The molecular weight excluding hydrogens is 200 g/mol. The van der Waals surface area contributed by atoms with Gasteiger partial charge in [-0.25, -0.2) is 0 Å². The molecule has 0 aromatic carbocycles. The minimum atomic E-state index is 0.240. The van der Waals surface area contributed by atoms with Crippen LogP contribution in [0.5, 0.6) is 0 Å². The molecule has 0 radical (unpaired) electrons. The van der Waals surface area contributed by atoms with Crippen molar-refractivity contribution in [2.24, 2.45) is 5.73 Å². The largest absolute Gasteiger partial charge is 0.378 e. The molecule has 1 fully saturated rings. The average Bonchev–Trinajstić information content (AvgIpc) is 2.25. The van der Waals surface area contributed by atoms with Crippen LogP contribution in [0.1, 0.15) is 46.5 Å². The summed E-state index contributed by atoms with van der Waals surface area (Å²) in [6.45, 7) is 10.4. The second-order valence-corrected chi connectivity index (χ2v) is 4.85. The van der Waals surface area contributed by atoms with E-state index in [0.29, 0.717) is 6.10 Å². The van der Waals surface area contributed by atoms with Gasteiger partial charge in [-0.05, 0) is 39.3 Å². The van der Waals surface area contributed by atoms with Gasteiger partial charge in [-0.2, -0.15) is 0 Å². The smallest absolute Gasteiger partial charge is 0.0611 e. The summed E-state index contributed by atoms with van der Waals surface area (Å²) in [4.78, 5) is 2.56. The summed E-state index contributed by atoms with van der Waals surface area (Å²) in [6.07, 6.45) is 5.22. The lowest BCUT2D eigenvalue weighted by molar-refractivity contribution is -0.0988. The molecule has 0 spiro atoms. The standard InChI is InChI=1S/C13H28N2O/c1-4-7-8-15(5-2)13(11-14)9-12(10-13)16-6-3/h12H,4-11,14H2,1-3H3. The molecule has 3 nitrogen and oxygen atoms in total. The van der Waals surface area contributed by atoms with E-state index >= 15 is 0 Å². The van der Waals surface area contributed by atoms with Crippen LogP contribution in [-0.2, 0) is 4.74 Å². The molecular formula is C13H28N2O. The van der Waals surface area contributed by atoms with Gasteiger partial charge in [0, 0.05) is 18.7 Å². The van der Waals surface area contributed by atoms with Crippen LogP contribution in [-0.4, -0.2) is 42.8 Å². The first kappa shape index (κ1) is 13.9. The Labute approximate surface area is 100 Å². The molecule has 0 aromatic rings. The van der Waals surface area contributed by atoms with Crippen LogP contribution in [0.4, 0.5) is 0 Å². The maximum Gasteiger partial charge on any atom is 0.0611 e. The van der Waals surface area contributed by atoms with Crippen LogP contribution >= 0.6 is 0 Å². The van der Waals surface area contributed by atoms with Gasteiger partial charge in [-0.3, -0.25) is 4.90 Å². The van der Waals surface area contributed by atoms with E-state index in [1.54, 1.807) is 0 Å². The van der Waals surface area contributed by atoms with E-state index in [1.807, 2.05) is 0 Å². The first-order valence-corrected chi connectivity index (χ1v) is 6.79. The molecule has 0 heterocycles. The molecule has 1 aliphatic carbocycles. The molecule has 2 N–H and O–H groups in total. The minimum Gasteiger partial charge on any atom is -0.378 e. The van der Waals surface area contributed by atoms with Gasteiger partial charge in [0.15, 0.2) is 0 Å². The Balaban J connectivity index is 2.46. The molecule has 0 atom stereocenters. The van der Waals surface area contributed by atoms with Crippen molar-refractivity contribution < 1.29 is 4.74 Å². The molecule has 0 amide bonds. The lowest BCUT2D eigenvalue weighted by atomic mass is 9.72. The lowest BCUT2D eigenvalue weighted by Gasteiger charge is -2.53. The van der Waals surface area contributed by atoms with Gasteiger partial charge in [0.2, 0.25) is 0 Å². The van der Waals surface area contributed by atoms with Crippen molar-refractivity contribution in [3.05, 3.63) is 0 Å². The Kier molecular flexibility index (Phi) is 5.73. The van der Waals surface area contributed by atoms with Gasteiger partial charge in [0.1, 0.15) is 0 Å². The van der Waals surface area contributed by atoms with Gasteiger partial charge >= 0.3 is 0 Å². The molecule has 0 aromatic heterocycles. The van der Waals surface area contributed by atoms with E-state index in [-0.39, 0.29) is 5.54 Å². The second kappa shape index (κ2) is 6.58. The zero-order valence-corrected chi connectivity index (χ0v) is 11.2. The summed E-state index contributed by atoms with van der Waals surface area (Å²) in [5.41, 5.74) is 6.22. The van der Waals surface area contributed by atoms with Gasteiger partial charge in [-0.15, -0.1) is 0 Å². The zero-order chi connectivity index (χ0) is 12.0. The highest BCUT2D eigenvalue weighted by Crippen LogP contribution is 2.39. The molecule has 1 rings (SSSR count). The fourth-order valence-corrected chi connectivity index (χ4v) is 2.77. The summed E-state index contributed by atoms with van der Waals surface area (Å²) in [7, 11) is 0. The number of ether oxygens (including phenoxy) is 1. The Bertz CT molecular complexity index is 190. The van der Waals surface area contributed by atoms with Crippen molar-refractivity contribution >= 4 is 0 Å². The summed E-state index contributed by atoms with van der Waals surface area (Å²) < 4.78 is 5.65. The number of nitrogens with two attached hydrogens (primary N) is 1. The summed E-state index contributed by atoms with van der Waals surface area (Å²) in [5.74, 6) is 0. The molecule has 0 unspecified atom stereocenters. The van der Waals surface area contributed by atoms with Crippen LogP contribution in [0.15, 0.2) is 0 Å². The second-order valence-electron chi connectivity index (χ2n) is 4.85. The highest BCUT2D eigenvalue weighted by molar-refractivity contribution is 5.04. The van der Waals surface area contributed by atoms with E-state index in [1.165, 1.54) is 19.4 Å². The van der Waals surface area contributed by atoms with Gasteiger partial charge in [-0.1, -0.05) is 20.3 Å². The topological polar surface area (TPSA) is 38.5 Å². The molecule has 1 aliphatic rings. The normalized spacial score (nSPS) is 29.4. The Morgan fingerprint density at radius 2 is 2.00 bits per heavy atom. The highest BCUT2D eigenvalue weighted by atomic mass is 16.5. The predicted molar refractivity (Wildman–Crippen MR) is 68.6 cm³/mol. The van der Waals surface area contributed by atoms with Crippen LogP contribution in [0.25, 0.3) is 0 Å². The van der Waals surface area contributed by atoms with E-state index in [4.69, 9.17) is 10.5 Å². The van der Waals surface area contributed by atoms with Gasteiger partial charge < -0.3 is 10.5 Å². The van der Waals surface area contributed by atoms with Crippen molar-refractivity contribution in [3.8, 4) is 0 Å². The molecule has 16 heavy (non-hydrogen) atoms. The van der Waals surface area contributed by atoms with E-state index in [9.17, 15) is 0 Å². The number of hydrogen-bond donors (Lipinski definition) is 1. The van der Waals surface area contributed by atoms with E-state index in [0.717, 1.165) is 32.5 Å². The third-order valence-electron chi connectivity index (χ3n) is 3.83. The third-order valence-corrected chi connectivity index (χ3v) is 3.83. The van der Waals surface area contributed by atoms with Gasteiger partial charge in [0.25, 0.3) is 0 Å². The Hall–Kier alpha value is -0.120. The molecule has 96 valence electrons. The van der Waals surface area contributed by atoms with Crippen molar-refractivity contribution in [2.45, 2.75) is 58.1 Å². The highest BCUT2D eigenvalue weighted by Gasteiger charge is 2.47. The predicted octanol–water partition coefficient (Wildman–Crippen LogP) is 2.00. The molecule has 3 heteroatoms. The molecule has 0 saturated heterocycles. The van der Waals surface area contributed by atoms with Crippen molar-refractivity contribution in [1.29, 1.82) is 0 Å². The van der Waals surface area contributed by atoms with Gasteiger partial charge in [0.05, 0.1) is 6.10 Å². The van der Waals surface area contributed by atoms with E-state index in [2.05, 4.69) is 25.7 Å². The summed E-state index contributed by atoms with van der Waals surface area (Å²) in [6, 6.07) is 0. The first-order valence-electron chi connectivity index (χ1n) is 6.79. The Morgan fingerprint density at radius 1 is 1.31 bits per heavy atom. The van der Waals surface area contributed by atoms with Crippen LogP contribution in [0.3, 0.4) is 0 Å². The van der Waals surface area contributed by atoms with E-state index < -0.39 is 0 Å². The molecule has 0 bridgehead atoms. The Morgan fingerprint density at radius 3 is 2.44 bits per heavy atom. The number of likely N-dealkylation sites (N-methyl/N-ethyl adjacent to an activating group) is 1. The maximum atomic E-state index is 5.98. The first-order chi connectivity index (χ1) is 7.72. The SMILES string of the molecule is CCCCN(CC)C1(CN)CC(OCC)C1. The summed E-state index contributed by atoms with van der Waals surface area (Å²) >= 11 is 0. The number of unbranched alkanes of at least 4 members (excludes halogenated alkanes) is 1. The van der Waals surface area contributed by atoms with Crippen LogP contribution < -0.4 is 5.73 Å². The van der Waals surface area contributed by atoms with Crippen molar-refractivity contribution in [1.82, 2.24) is 4.90 Å².